The Hall–Kier alpha value is -1.97. The maximum atomic E-state index is 12.4. The molecule has 2 aromatic rings. The van der Waals surface area contributed by atoms with Crippen LogP contribution in [-0.2, 0) is 0 Å². The molecule has 0 saturated heterocycles. The van der Waals surface area contributed by atoms with Crippen molar-refractivity contribution >= 4 is 66.8 Å². The lowest BCUT2D eigenvalue weighted by Gasteiger charge is -2.14. The molecule has 0 unspecified atom stereocenters. The van der Waals surface area contributed by atoms with Crippen molar-refractivity contribution in [1.29, 1.82) is 0 Å². The predicted molar refractivity (Wildman–Crippen MR) is 119 cm³/mol. The van der Waals surface area contributed by atoms with Gasteiger partial charge in [0.25, 0.3) is 5.91 Å². The van der Waals surface area contributed by atoms with E-state index in [1.807, 2.05) is 0 Å². The van der Waals surface area contributed by atoms with E-state index in [0.29, 0.717) is 32.8 Å². The minimum absolute atomic E-state index is 0.00417. The van der Waals surface area contributed by atoms with E-state index in [2.05, 4.69) is 56.3 Å². The minimum Gasteiger partial charge on any atom is -0.493 e. The number of carbonyl (C=O) groups excluding carboxylic acids is 1. The number of rotatable bonds is 6. The molecule has 0 aliphatic carbocycles. The second kappa shape index (κ2) is 9.99. The first kappa shape index (κ1) is 22.3. The number of hydrogen-bond donors (Lipinski definition) is 3. The highest BCUT2D eigenvalue weighted by Gasteiger charge is 2.17. The molecule has 6 nitrogen and oxygen atoms in total. The molecule has 148 valence electrons. The Labute approximate surface area is 184 Å². The number of nitrogens with one attached hydrogen (secondary N) is 2. The zero-order chi connectivity index (χ0) is 20.8. The summed E-state index contributed by atoms with van der Waals surface area (Å²) in [7, 11) is 0. The van der Waals surface area contributed by atoms with Gasteiger partial charge in [0.1, 0.15) is 5.75 Å². The number of carboxylic acids is 1. The van der Waals surface area contributed by atoms with Crippen molar-refractivity contribution in [3.63, 3.8) is 0 Å². The van der Waals surface area contributed by atoms with Crippen LogP contribution in [0.5, 0.6) is 5.75 Å². The summed E-state index contributed by atoms with van der Waals surface area (Å²) in [6.45, 7) is 4.69. The Morgan fingerprint density at radius 3 is 2.39 bits per heavy atom. The minimum atomic E-state index is -1.13. The van der Waals surface area contributed by atoms with Gasteiger partial charge in [0.05, 0.1) is 17.9 Å². The molecule has 0 fully saturated rings. The normalized spacial score (nSPS) is 10.5. The van der Waals surface area contributed by atoms with Crippen LogP contribution in [0.4, 0.5) is 5.69 Å². The number of halogens is 2. The van der Waals surface area contributed by atoms with E-state index in [9.17, 15) is 14.7 Å². The largest absolute Gasteiger partial charge is 0.493 e. The number of thiocarbonyl (C=S) groups is 1. The van der Waals surface area contributed by atoms with Crippen LogP contribution in [0.3, 0.4) is 0 Å². The molecule has 0 bridgehead atoms. The van der Waals surface area contributed by atoms with Crippen LogP contribution in [0.2, 0.25) is 0 Å². The average Bonchev–Trinajstić information content (AvgIpc) is 2.62. The Balaban J connectivity index is 2.05. The van der Waals surface area contributed by atoms with E-state index in [4.69, 9.17) is 17.0 Å². The van der Waals surface area contributed by atoms with Gasteiger partial charge in [-0.3, -0.25) is 10.1 Å². The van der Waals surface area contributed by atoms with Gasteiger partial charge < -0.3 is 15.2 Å². The predicted octanol–water partition coefficient (Wildman–Crippen LogP) is 5.07. The van der Waals surface area contributed by atoms with Crippen molar-refractivity contribution in [3.8, 4) is 5.75 Å². The van der Waals surface area contributed by atoms with Crippen molar-refractivity contribution < 1.29 is 19.4 Å². The van der Waals surface area contributed by atoms with Crippen molar-refractivity contribution in [2.24, 2.45) is 5.92 Å². The number of ether oxygens (including phenoxy) is 1. The molecule has 1 amide bonds. The van der Waals surface area contributed by atoms with Gasteiger partial charge in [-0.2, -0.15) is 0 Å². The summed E-state index contributed by atoms with van der Waals surface area (Å²) in [5.41, 5.74) is 0.650. The van der Waals surface area contributed by atoms with Gasteiger partial charge in [-0.25, -0.2) is 4.79 Å². The van der Waals surface area contributed by atoms with Crippen LogP contribution in [0.25, 0.3) is 0 Å². The summed E-state index contributed by atoms with van der Waals surface area (Å²) in [6.07, 6.45) is 0. The highest BCUT2D eigenvalue weighted by atomic mass is 79.9. The first-order valence-corrected chi connectivity index (χ1v) is 10.2. The fraction of sp³-hybridized carbons (Fsp3) is 0.211. The molecular formula is C19H18Br2N2O4S. The zero-order valence-corrected chi connectivity index (χ0v) is 19.1. The van der Waals surface area contributed by atoms with E-state index < -0.39 is 11.9 Å². The molecule has 9 heteroatoms. The van der Waals surface area contributed by atoms with Gasteiger partial charge in [0.15, 0.2) is 5.11 Å². The Morgan fingerprint density at radius 2 is 1.82 bits per heavy atom. The van der Waals surface area contributed by atoms with Gasteiger partial charge in [-0.15, -0.1) is 0 Å². The standard InChI is InChI=1S/C19H18Br2N2O4S/c1-10(2)9-27-13-5-3-11(4-6-13)17(24)23-19(28)22-16-14(18(25)26)7-12(20)8-15(16)21/h3-8,10H,9H2,1-2H3,(H,25,26)(H2,22,23,24,28). The second-order valence-electron chi connectivity index (χ2n) is 6.25. The summed E-state index contributed by atoms with van der Waals surface area (Å²) in [6, 6.07) is 9.80. The summed E-state index contributed by atoms with van der Waals surface area (Å²) in [4.78, 5) is 23.8. The number of hydrogen-bond acceptors (Lipinski definition) is 4. The third-order valence-corrected chi connectivity index (χ3v) is 4.74. The van der Waals surface area contributed by atoms with E-state index >= 15 is 0 Å². The Kier molecular flexibility index (Phi) is 7.97. The third-order valence-electron chi connectivity index (χ3n) is 3.45. The molecule has 0 aliphatic rings. The summed E-state index contributed by atoms with van der Waals surface area (Å²) < 4.78 is 6.67. The van der Waals surface area contributed by atoms with E-state index in [0.717, 1.165) is 0 Å². The van der Waals surface area contributed by atoms with Crippen molar-refractivity contribution in [3.05, 3.63) is 56.5 Å². The van der Waals surface area contributed by atoms with Gasteiger partial charge in [0.2, 0.25) is 0 Å². The molecule has 0 aromatic heterocycles. The molecule has 0 saturated carbocycles. The van der Waals surface area contributed by atoms with E-state index in [1.54, 1.807) is 30.3 Å². The lowest BCUT2D eigenvalue weighted by atomic mass is 10.2. The lowest BCUT2D eigenvalue weighted by molar-refractivity contribution is 0.0697. The molecule has 0 heterocycles. The Morgan fingerprint density at radius 1 is 1.18 bits per heavy atom. The summed E-state index contributed by atoms with van der Waals surface area (Å²) in [5, 5.41) is 14.6. The fourth-order valence-electron chi connectivity index (χ4n) is 2.15. The molecule has 0 radical (unpaired) electrons. The summed E-state index contributed by atoms with van der Waals surface area (Å²) in [5.74, 6) is -0.468. The number of carboxylic acid groups (broad SMARTS) is 1. The highest BCUT2D eigenvalue weighted by molar-refractivity contribution is 9.11. The quantitative estimate of drug-likeness (QED) is 0.453. The number of carbonyl (C=O) groups is 2. The molecule has 0 aliphatic heterocycles. The SMILES string of the molecule is CC(C)COc1ccc(C(=O)NC(=S)Nc2c(Br)cc(Br)cc2C(=O)O)cc1. The first-order valence-electron chi connectivity index (χ1n) is 8.25. The van der Waals surface area contributed by atoms with Crippen LogP contribution < -0.4 is 15.4 Å². The smallest absolute Gasteiger partial charge is 0.337 e. The highest BCUT2D eigenvalue weighted by Crippen LogP contribution is 2.30. The van der Waals surface area contributed by atoms with Crippen LogP contribution in [0.1, 0.15) is 34.6 Å². The van der Waals surface area contributed by atoms with Gasteiger partial charge >= 0.3 is 5.97 Å². The summed E-state index contributed by atoms with van der Waals surface area (Å²) >= 11 is 11.7. The number of anilines is 1. The van der Waals surface area contributed by atoms with Crippen LogP contribution in [0.15, 0.2) is 45.3 Å². The number of aromatic carboxylic acids is 1. The van der Waals surface area contributed by atoms with Crippen LogP contribution in [-0.4, -0.2) is 28.7 Å². The van der Waals surface area contributed by atoms with Crippen molar-refractivity contribution in [1.82, 2.24) is 5.32 Å². The monoisotopic (exact) mass is 528 g/mol. The third kappa shape index (κ3) is 6.29. The topological polar surface area (TPSA) is 87.7 Å². The fourth-order valence-corrected chi connectivity index (χ4v) is 3.67. The van der Waals surface area contributed by atoms with Gasteiger partial charge in [-0.1, -0.05) is 29.8 Å². The van der Waals surface area contributed by atoms with E-state index in [-0.39, 0.29) is 16.4 Å². The molecule has 2 rings (SSSR count). The maximum Gasteiger partial charge on any atom is 0.337 e. The van der Waals surface area contributed by atoms with Crippen LogP contribution in [0, 0.1) is 5.92 Å². The van der Waals surface area contributed by atoms with Gasteiger partial charge in [-0.05, 0) is 70.5 Å². The first-order chi connectivity index (χ1) is 13.2. The second-order valence-corrected chi connectivity index (χ2v) is 8.43. The van der Waals surface area contributed by atoms with Crippen molar-refractivity contribution in [2.45, 2.75) is 13.8 Å². The van der Waals surface area contributed by atoms with Crippen LogP contribution >= 0.6 is 44.1 Å². The molecule has 28 heavy (non-hydrogen) atoms. The van der Waals surface area contributed by atoms with Gasteiger partial charge in [0, 0.05) is 14.5 Å². The van der Waals surface area contributed by atoms with E-state index in [1.165, 1.54) is 6.07 Å². The molecule has 3 N–H and O–H groups in total. The zero-order valence-electron chi connectivity index (χ0n) is 15.1. The van der Waals surface area contributed by atoms with Crippen molar-refractivity contribution in [2.75, 3.05) is 11.9 Å². The Bertz CT molecular complexity index is 902. The number of amides is 1. The average molecular weight is 530 g/mol. The maximum absolute atomic E-state index is 12.4. The molecule has 0 spiro atoms. The lowest BCUT2D eigenvalue weighted by Crippen LogP contribution is -2.34. The molecule has 0 atom stereocenters. The number of benzene rings is 2. The molecular weight excluding hydrogens is 512 g/mol. The molecule has 2 aromatic carbocycles.